The number of carbonyl (C=O) groups is 2. The Labute approximate surface area is 165 Å². The van der Waals surface area contributed by atoms with Crippen molar-refractivity contribution < 1.29 is 9.59 Å². The molecule has 1 N–H and O–H groups in total. The van der Waals surface area contributed by atoms with Crippen LogP contribution < -0.4 is 5.32 Å². The van der Waals surface area contributed by atoms with E-state index in [1.165, 1.54) is 10.4 Å². The van der Waals surface area contributed by atoms with E-state index in [-0.39, 0.29) is 11.8 Å². The first-order chi connectivity index (χ1) is 13.2. The normalized spacial score (nSPS) is 14.9. The van der Waals surface area contributed by atoms with Crippen LogP contribution in [0.5, 0.6) is 0 Å². The number of hydrogen-bond donors (Lipinski definition) is 1. The minimum absolute atomic E-state index is 0.0175. The van der Waals surface area contributed by atoms with E-state index in [0.717, 1.165) is 39.1 Å². The first-order valence-electron chi connectivity index (χ1n) is 9.54. The standard InChI is InChI=1S/C21H27N3O2S/c25-20(9-8-19-7-4-16-27-19)22-11-10-21(26)24-14-12-23(13-15-24)17-18-5-2-1-3-6-18/h1-7,16H,8-15,17H2,(H,22,25). The van der Waals surface area contributed by atoms with Crippen molar-refractivity contribution in [2.24, 2.45) is 0 Å². The van der Waals surface area contributed by atoms with Crippen molar-refractivity contribution in [1.29, 1.82) is 0 Å². The molecule has 0 radical (unpaired) electrons. The number of rotatable bonds is 8. The Balaban J connectivity index is 1.29. The summed E-state index contributed by atoms with van der Waals surface area (Å²) in [6, 6.07) is 14.5. The molecule has 1 saturated heterocycles. The maximum Gasteiger partial charge on any atom is 0.224 e. The van der Waals surface area contributed by atoms with Crippen LogP contribution in [-0.2, 0) is 22.6 Å². The third-order valence-corrected chi connectivity index (χ3v) is 5.75. The molecule has 144 valence electrons. The second-order valence-electron chi connectivity index (χ2n) is 6.82. The second kappa shape index (κ2) is 10.2. The SMILES string of the molecule is O=C(CCc1cccs1)NCCC(=O)N1CCN(Cc2ccccc2)CC1. The number of benzene rings is 1. The predicted octanol–water partition coefficient (Wildman–Crippen LogP) is 2.53. The number of aryl methyl sites for hydroxylation is 1. The van der Waals surface area contributed by atoms with E-state index in [1.807, 2.05) is 28.5 Å². The highest BCUT2D eigenvalue weighted by atomic mass is 32.1. The summed E-state index contributed by atoms with van der Waals surface area (Å²) in [7, 11) is 0. The molecule has 0 spiro atoms. The Morgan fingerprint density at radius 3 is 2.44 bits per heavy atom. The highest BCUT2D eigenvalue weighted by Crippen LogP contribution is 2.11. The van der Waals surface area contributed by atoms with Crippen molar-refractivity contribution >= 4 is 23.2 Å². The summed E-state index contributed by atoms with van der Waals surface area (Å²) in [6.07, 6.45) is 1.62. The number of hydrogen-bond acceptors (Lipinski definition) is 4. The van der Waals surface area contributed by atoms with E-state index in [1.54, 1.807) is 11.3 Å². The van der Waals surface area contributed by atoms with Crippen molar-refractivity contribution in [3.63, 3.8) is 0 Å². The average molecular weight is 386 g/mol. The van der Waals surface area contributed by atoms with Crippen molar-refractivity contribution in [3.8, 4) is 0 Å². The summed E-state index contributed by atoms with van der Waals surface area (Å²) in [4.78, 5) is 29.7. The lowest BCUT2D eigenvalue weighted by atomic mass is 10.2. The van der Waals surface area contributed by atoms with Gasteiger partial charge in [0.25, 0.3) is 0 Å². The van der Waals surface area contributed by atoms with Crippen molar-refractivity contribution in [3.05, 3.63) is 58.3 Å². The molecule has 1 aromatic heterocycles. The zero-order valence-corrected chi connectivity index (χ0v) is 16.4. The van der Waals surface area contributed by atoms with Crippen molar-refractivity contribution in [2.75, 3.05) is 32.7 Å². The Hall–Kier alpha value is -2.18. The maximum absolute atomic E-state index is 12.3. The number of nitrogens with one attached hydrogen (secondary N) is 1. The number of carbonyl (C=O) groups excluding carboxylic acids is 2. The molecule has 0 saturated carbocycles. The molecule has 0 unspecified atom stereocenters. The molecule has 2 heterocycles. The van der Waals surface area contributed by atoms with Crippen LogP contribution in [0.25, 0.3) is 0 Å². The molecule has 3 rings (SSSR count). The highest BCUT2D eigenvalue weighted by Gasteiger charge is 2.20. The Morgan fingerprint density at radius 2 is 1.74 bits per heavy atom. The fourth-order valence-electron chi connectivity index (χ4n) is 3.24. The summed E-state index contributed by atoms with van der Waals surface area (Å²) in [5.74, 6) is 0.150. The number of amides is 2. The third kappa shape index (κ3) is 6.48. The smallest absolute Gasteiger partial charge is 0.224 e. The van der Waals surface area contributed by atoms with E-state index in [2.05, 4.69) is 34.5 Å². The molecule has 2 aromatic rings. The minimum Gasteiger partial charge on any atom is -0.356 e. The summed E-state index contributed by atoms with van der Waals surface area (Å²) in [6.45, 7) is 4.67. The molecule has 1 fully saturated rings. The summed E-state index contributed by atoms with van der Waals surface area (Å²) >= 11 is 1.67. The van der Waals surface area contributed by atoms with Crippen LogP contribution in [0.3, 0.4) is 0 Å². The predicted molar refractivity (Wildman–Crippen MR) is 109 cm³/mol. The van der Waals surface area contributed by atoms with Gasteiger partial charge in [0.15, 0.2) is 0 Å². The van der Waals surface area contributed by atoms with Gasteiger partial charge in [-0.2, -0.15) is 0 Å². The van der Waals surface area contributed by atoms with E-state index in [4.69, 9.17) is 0 Å². The molecule has 5 nitrogen and oxygen atoms in total. The lowest BCUT2D eigenvalue weighted by molar-refractivity contribution is -0.133. The molecule has 0 atom stereocenters. The Morgan fingerprint density at radius 1 is 0.963 bits per heavy atom. The second-order valence-corrected chi connectivity index (χ2v) is 7.85. The molecular weight excluding hydrogens is 358 g/mol. The van der Waals surface area contributed by atoms with Gasteiger partial charge in [0, 0.05) is 57.0 Å². The average Bonchev–Trinajstić information content (AvgIpc) is 3.21. The van der Waals surface area contributed by atoms with Crippen LogP contribution in [-0.4, -0.2) is 54.3 Å². The molecule has 2 amide bonds. The molecule has 0 bridgehead atoms. The zero-order chi connectivity index (χ0) is 18.9. The van der Waals surface area contributed by atoms with Crippen LogP contribution in [0.15, 0.2) is 47.8 Å². The summed E-state index contributed by atoms with van der Waals surface area (Å²) in [5, 5.41) is 4.88. The third-order valence-electron chi connectivity index (χ3n) is 4.81. The van der Waals surface area contributed by atoms with Gasteiger partial charge in [-0.05, 0) is 23.4 Å². The first kappa shape index (κ1) is 19.6. The van der Waals surface area contributed by atoms with Gasteiger partial charge in [-0.25, -0.2) is 0 Å². The fraction of sp³-hybridized carbons (Fsp3) is 0.429. The van der Waals surface area contributed by atoms with E-state index >= 15 is 0 Å². The lowest BCUT2D eigenvalue weighted by Gasteiger charge is -2.34. The van der Waals surface area contributed by atoms with Crippen molar-refractivity contribution in [1.82, 2.24) is 15.1 Å². The first-order valence-corrected chi connectivity index (χ1v) is 10.4. The molecule has 1 aromatic carbocycles. The fourth-order valence-corrected chi connectivity index (χ4v) is 3.95. The van der Waals surface area contributed by atoms with E-state index in [9.17, 15) is 9.59 Å². The molecule has 1 aliphatic rings. The zero-order valence-electron chi connectivity index (χ0n) is 15.6. The number of thiophene rings is 1. The largest absolute Gasteiger partial charge is 0.356 e. The molecular formula is C21H27N3O2S. The summed E-state index contributed by atoms with van der Waals surface area (Å²) in [5.41, 5.74) is 1.31. The van der Waals surface area contributed by atoms with Gasteiger partial charge in [0.1, 0.15) is 0 Å². The number of nitrogens with zero attached hydrogens (tertiary/aromatic N) is 2. The van der Waals surface area contributed by atoms with Gasteiger partial charge in [-0.3, -0.25) is 14.5 Å². The van der Waals surface area contributed by atoms with Crippen molar-refractivity contribution in [2.45, 2.75) is 25.8 Å². The molecule has 1 aliphatic heterocycles. The molecule has 0 aliphatic carbocycles. The highest BCUT2D eigenvalue weighted by molar-refractivity contribution is 7.09. The van der Waals surface area contributed by atoms with Gasteiger partial charge in [-0.1, -0.05) is 36.4 Å². The van der Waals surface area contributed by atoms with Crippen LogP contribution in [0.4, 0.5) is 0 Å². The summed E-state index contributed by atoms with van der Waals surface area (Å²) < 4.78 is 0. The lowest BCUT2D eigenvalue weighted by Crippen LogP contribution is -2.48. The Kier molecular flexibility index (Phi) is 7.42. The van der Waals surface area contributed by atoms with Gasteiger partial charge in [0.05, 0.1) is 0 Å². The van der Waals surface area contributed by atoms with Gasteiger partial charge >= 0.3 is 0 Å². The van der Waals surface area contributed by atoms with Gasteiger partial charge < -0.3 is 10.2 Å². The number of piperazine rings is 1. The molecule has 27 heavy (non-hydrogen) atoms. The Bertz CT molecular complexity index is 710. The minimum atomic E-state index is 0.0175. The van der Waals surface area contributed by atoms with Crippen LogP contribution in [0, 0.1) is 0 Å². The quantitative estimate of drug-likeness (QED) is 0.760. The van der Waals surface area contributed by atoms with Crippen LogP contribution in [0.1, 0.15) is 23.3 Å². The van der Waals surface area contributed by atoms with E-state index < -0.39 is 0 Å². The van der Waals surface area contributed by atoms with Gasteiger partial charge in [-0.15, -0.1) is 11.3 Å². The van der Waals surface area contributed by atoms with Crippen LogP contribution >= 0.6 is 11.3 Å². The van der Waals surface area contributed by atoms with Crippen LogP contribution in [0.2, 0.25) is 0 Å². The monoisotopic (exact) mass is 385 g/mol. The van der Waals surface area contributed by atoms with Gasteiger partial charge in [0.2, 0.25) is 11.8 Å². The topological polar surface area (TPSA) is 52.7 Å². The maximum atomic E-state index is 12.3. The van der Waals surface area contributed by atoms with E-state index in [0.29, 0.717) is 19.4 Å². The molecule has 6 heteroatoms.